The van der Waals surface area contributed by atoms with E-state index in [1.807, 2.05) is 25.2 Å². The second kappa shape index (κ2) is 38.3. The van der Waals surface area contributed by atoms with Gasteiger partial charge in [-0.1, -0.05) is 152 Å². The highest BCUT2D eigenvalue weighted by Crippen LogP contribution is 2.60. The molecule has 0 radical (unpaired) electrons. The summed E-state index contributed by atoms with van der Waals surface area (Å²) in [5, 5.41) is 30.5. The number of hydrogen-bond acceptors (Lipinski definition) is 16. The first kappa shape index (κ1) is 63.8. The van der Waals surface area contributed by atoms with Crippen LogP contribution in [0.2, 0.25) is 0 Å². The lowest BCUT2D eigenvalue weighted by Crippen LogP contribution is -2.36. The Morgan fingerprint density at radius 1 is 0.732 bits per heavy atom. The summed E-state index contributed by atoms with van der Waals surface area (Å²) in [4.78, 5) is 61.9. The van der Waals surface area contributed by atoms with Gasteiger partial charge in [-0.15, -0.1) is 0 Å². The maximum atomic E-state index is 12.9. The third-order valence-electron chi connectivity index (χ3n) is 11.6. The Balaban J connectivity index is 1.82. The predicted molar refractivity (Wildman–Crippen MR) is 272 cm³/mol. The van der Waals surface area contributed by atoms with E-state index in [0.717, 1.165) is 75.0 Å². The van der Waals surface area contributed by atoms with Crippen LogP contribution in [0.15, 0.2) is 65.7 Å². The van der Waals surface area contributed by atoms with E-state index < -0.39 is 83.7 Å². The third kappa shape index (κ3) is 31.1. The number of allylic oxidation sites excluding steroid dienone is 8. The van der Waals surface area contributed by atoms with Crippen molar-refractivity contribution >= 4 is 33.4 Å². The first-order valence-corrected chi connectivity index (χ1v) is 28.7. The van der Waals surface area contributed by atoms with E-state index in [-0.39, 0.29) is 24.8 Å². The number of rotatable bonds is 42. The molecule has 1 aromatic rings. The van der Waals surface area contributed by atoms with Gasteiger partial charge < -0.3 is 45.1 Å². The number of nitrogens with zero attached hydrogens (tertiary/aromatic N) is 2. The molecular formula is C50H85N3O16P2. The number of hydrogen-bond donors (Lipinski definition) is 6. The van der Waals surface area contributed by atoms with Crippen LogP contribution in [0.3, 0.4) is 0 Å². The number of phosphoric acid groups is 2. The van der Waals surface area contributed by atoms with E-state index >= 15 is 0 Å². The van der Waals surface area contributed by atoms with Gasteiger partial charge in [0.2, 0.25) is 0 Å². The Morgan fingerprint density at radius 3 is 1.82 bits per heavy atom. The van der Waals surface area contributed by atoms with Crippen molar-refractivity contribution in [3.8, 4) is 0 Å². The van der Waals surface area contributed by atoms with Crippen molar-refractivity contribution in [1.82, 2.24) is 9.55 Å². The fraction of sp³-hybridized carbons (Fsp3) is 0.720. The van der Waals surface area contributed by atoms with Crippen molar-refractivity contribution in [2.24, 2.45) is 0 Å². The van der Waals surface area contributed by atoms with E-state index in [1.165, 1.54) is 70.3 Å². The largest absolute Gasteiger partial charge is 0.481 e. The van der Waals surface area contributed by atoms with Crippen LogP contribution in [-0.4, -0.2) is 96.9 Å². The van der Waals surface area contributed by atoms with Crippen LogP contribution in [0, 0.1) is 0 Å². The summed E-state index contributed by atoms with van der Waals surface area (Å²) in [6, 6.07) is 1.24. The van der Waals surface area contributed by atoms with Crippen molar-refractivity contribution < 1.29 is 71.4 Å². The molecule has 0 aromatic carbocycles. The van der Waals surface area contributed by atoms with Crippen LogP contribution in [0.4, 0.5) is 5.82 Å². The molecule has 2 heterocycles. The maximum Gasteiger partial charge on any atom is 0.481 e. The Bertz CT molecular complexity index is 1890. The minimum absolute atomic E-state index is 0.0336. The van der Waals surface area contributed by atoms with Crippen LogP contribution in [-0.2, 0) is 46.3 Å². The number of ether oxygens (including phenoxy) is 3. The lowest BCUT2D eigenvalue weighted by atomic mass is 10.0. The molecule has 1 aromatic heterocycles. The molecule has 0 amide bonds. The third-order valence-corrected chi connectivity index (χ3v) is 14.2. The van der Waals surface area contributed by atoms with Crippen LogP contribution >= 0.6 is 15.6 Å². The second-order valence-electron chi connectivity index (χ2n) is 17.8. The molecule has 8 atom stereocenters. The first-order chi connectivity index (χ1) is 34.1. The smallest absolute Gasteiger partial charge is 0.462 e. The topological polar surface area (TPSA) is 286 Å². The Morgan fingerprint density at radius 2 is 1.25 bits per heavy atom. The quantitative estimate of drug-likeness (QED) is 0.0154. The van der Waals surface area contributed by atoms with Gasteiger partial charge in [0.1, 0.15) is 30.7 Å². The fourth-order valence-electron chi connectivity index (χ4n) is 7.40. The number of carbonyl (C=O) groups excluding carboxylic acids is 2. The van der Waals surface area contributed by atoms with Gasteiger partial charge in [-0.2, -0.15) is 9.29 Å². The van der Waals surface area contributed by atoms with E-state index in [1.54, 1.807) is 0 Å². The number of phosphoric ester groups is 2. The van der Waals surface area contributed by atoms with E-state index in [4.69, 9.17) is 29.0 Å². The molecule has 406 valence electrons. The molecule has 71 heavy (non-hydrogen) atoms. The number of aliphatic hydroxyl groups excluding tert-OH is 3. The standard InChI is InChI=1S/C50H85N3O16P2/c1-3-5-6-7-8-9-10-11-12-17-20-23-26-29-32-35-46(56)67-42(38-64-45(55)34-31-28-25-22-19-16-14-13-15-18-21-24-27-30-33-41(54)4-2)39-65-70(60,61)69-71(62,63)66-40-43-47(57)48(58)49(68-43)53-37-36-44(51)52-50(53)59/h14-16,18,22,24-25,27,36-37,41-43,47-49,54,57-58H,3-13,17,19-21,23,26,28-35,38-40H2,1-2H3,(H,60,61)(H,62,63)(H2,51,52,59)/b16-14-,18-15-,25-22-,27-24-/t41-,42+,43+,47+,48+,49+/m0/s1. The van der Waals surface area contributed by atoms with Gasteiger partial charge in [0.05, 0.1) is 19.3 Å². The number of carbonyl (C=O) groups is 2. The highest BCUT2D eigenvalue weighted by molar-refractivity contribution is 7.61. The van der Waals surface area contributed by atoms with Gasteiger partial charge in [-0.3, -0.25) is 23.2 Å². The molecule has 0 aliphatic carbocycles. The fourth-order valence-corrected chi connectivity index (χ4v) is 9.51. The van der Waals surface area contributed by atoms with Gasteiger partial charge in [-0.25, -0.2) is 13.9 Å². The number of unbranched alkanes of at least 4 members (excludes halogenated alkanes) is 15. The summed E-state index contributed by atoms with van der Waals surface area (Å²) in [7, 11) is -10.9. The molecule has 7 N–H and O–H groups in total. The SMILES string of the molecule is CCCCCCCCCCCCCCCCCC(=O)O[C@H](COC(=O)CCC/C=C\C/C=C\C/C=C\C/C=C\CC[C@@H](O)CC)COP(=O)(O)OP(=O)(O)OC[C@H]1O[C@@H](n2ccc(N)nc2=O)[C@H](O)[C@@H]1O. The van der Waals surface area contributed by atoms with Gasteiger partial charge >= 0.3 is 33.3 Å². The van der Waals surface area contributed by atoms with Gasteiger partial charge in [0.25, 0.3) is 0 Å². The van der Waals surface area contributed by atoms with Crippen LogP contribution in [0.5, 0.6) is 0 Å². The molecule has 0 bridgehead atoms. The second-order valence-corrected chi connectivity index (χ2v) is 20.9. The number of nitrogens with two attached hydrogens (primary N) is 1. The molecule has 2 rings (SSSR count). The summed E-state index contributed by atoms with van der Waals surface area (Å²) in [6.07, 6.45) is 32.8. The molecule has 0 spiro atoms. The summed E-state index contributed by atoms with van der Waals surface area (Å²) < 4.78 is 56.7. The number of aliphatic hydroxyl groups is 3. The zero-order chi connectivity index (χ0) is 52.2. The molecule has 19 nitrogen and oxygen atoms in total. The minimum atomic E-state index is -5.44. The van der Waals surface area contributed by atoms with Gasteiger partial charge in [0, 0.05) is 19.0 Å². The molecule has 0 saturated carbocycles. The molecule has 1 aliphatic rings. The zero-order valence-electron chi connectivity index (χ0n) is 42.1. The first-order valence-electron chi connectivity index (χ1n) is 25.7. The lowest BCUT2D eigenvalue weighted by molar-refractivity contribution is -0.161. The highest BCUT2D eigenvalue weighted by Gasteiger charge is 2.46. The van der Waals surface area contributed by atoms with Crippen molar-refractivity contribution in [3.63, 3.8) is 0 Å². The number of aromatic nitrogens is 2. The highest BCUT2D eigenvalue weighted by atomic mass is 31.3. The van der Waals surface area contributed by atoms with Crippen molar-refractivity contribution in [2.75, 3.05) is 25.6 Å². The maximum absolute atomic E-state index is 12.9. The molecule has 21 heteroatoms. The van der Waals surface area contributed by atoms with Gasteiger partial charge in [-0.05, 0) is 63.9 Å². The molecule has 1 saturated heterocycles. The van der Waals surface area contributed by atoms with E-state index in [0.29, 0.717) is 19.3 Å². The van der Waals surface area contributed by atoms with Crippen LogP contribution in [0.1, 0.15) is 181 Å². The Labute approximate surface area is 421 Å². The summed E-state index contributed by atoms with van der Waals surface area (Å²) in [5.41, 5.74) is 4.58. The summed E-state index contributed by atoms with van der Waals surface area (Å²) in [5.74, 6) is -1.38. The zero-order valence-corrected chi connectivity index (χ0v) is 43.9. The Hall–Kier alpha value is -3.32. The molecule has 1 aliphatic heterocycles. The van der Waals surface area contributed by atoms with Crippen LogP contribution in [0.25, 0.3) is 0 Å². The van der Waals surface area contributed by atoms with E-state index in [9.17, 15) is 48.6 Å². The monoisotopic (exact) mass is 1050 g/mol. The molecular weight excluding hydrogens is 961 g/mol. The lowest BCUT2D eigenvalue weighted by Gasteiger charge is -2.21. The van der Waals surface area contributed by atoms with Crippen molar-refractivity contribution in [2.45, 2.75) is 211 Å². The van der Waals surface area contributed by atoms with E-state index in [2.05, 4.69) is 46.6 Å². The normalized spacial score (nSPS) is 20.0. The van der Waals surface area contributed by atoms with Crippen molar-refractivity contribution in [3.05, 3.63) is 71.4 Å². The van der Waals surface area contributed by atoms with Gasteiger partial charge in [0.15, 0.2) is 12.3 Å². The predicted octanol–water partition coefficient (Wildman–Crippen LogP) is 9.53. The summed E-state index contributed by atoms with van der Waals surface area (Å²) in [6.45, 7) is 1.83. The Kier molecular flexibility index (Phi) is 34.4. The number of nitrogen functional groups attached to an aromatic ring is 1. The average Bonchev–Trinajstić information content (AvgIpc) is 3.61. The average molecular weight is 1050 g/mol. The molecule has 1 fully saturated rings. The summed E-state index contributed by atoms with van der Waals surface area (Å²) >= 11 is 0. The number of esters is 2. The molecule has 2 unspecified atom stereocenters. The minimum Gasteiger partial charge on any atom is -0.462 e. The van der Waals surface area contributed by atoms with Crippen LogP contribution < -0.4 is 11.4 Å². The van der Waals surface area contributed by atoms with Crippen molar-refractivity contribution in [1.29, 1.82) is 0 Å². The number of anilines is 1.